The number of carbonyl (C=O) groups excluding carboxylic acids is 1. The van der Waals surface area contributed by atoms with Gasteiger partial charge in [-0.1, -0.05) is 0 Å². The first-order valence-corrected chi connectivity index (χ1v) is 9.20. The van der Waals surface area contributed by atoms with Crippen LogP contribution in [0.5, 0.6) is 11.5 Å². The number of carbonyl (C=O) groups is 1. The molecule has 26 heavy (non-hydrogen) atoms. The van der Waals surface area contributed by atoms with Gasteiger partial charge in [0.2, 0.25) is 5.91 Å². The lowest BCUT2D eigenvalue weighted by atomic mass is 10.2. The van der Waals surface area contributed by atoms with Crippen molar-refractivity contribution >= 4 is 22.9 Å². The monoisotopic (exact) mass is 367 g/mol. The van der Waals surface area contributed by atoms with Crippen LogP contribution in [0.25, 0.3) is 10.6 Å². The SMILES string of the molecule is O=C(CCc1csc(-c2ccncc2)n1)Nc1ccc2c(c1)OCCO2. The van der Waals surface area contributed by atoms with E-state index in [2.05, 4.69) is 15.3 Å². The van der Waals surface area contributed by atoms with Gasteiger partial charge in [0.25, 0.3) is 0 Å². The number of nitrogens with zero attached hydrogens (tertiary/aromatic N) is 2. The third kappa shape index (κ3) is 3.83. The highest BCUT2D eigenvalue weighted by atomic mass is 32.1. The van der Waals surface area contributed by atoms with Crippen molar-refractivity contribution in [3.05, 3.63) is 53.8 Å². The molecule has 132 valence electrons. The van der Waals surface area contributed by atoms with E-state index in [1.54, 1.807) is 29.8 Å². The van der Waals surface area contributed by atoms with Crippen molar-refractivity contribution in [1.29, 1.82) is 0 Å². The molecule has 0 fully saturated rings. The summed E-state index contributed by atoms with van der Waals surface area (Å²) in [7, 11) is 0. The second-order valence-electron chi connectivity index (χ2n) is 5.79. The summed E-state index contributed by atoms with van der Waals surface area (Å²) in [4.78, 5) is 20.8. The van der Waals surface area contributed by atoms with Crippen molar-refractivity contribution in [3.8, 4) is 22.1 Å². The molecule has 0 atom stereocenters. The molecule has 2 aromatic heterocycles. The van der Waals surface area contributed by atoms with Crippen molar-refractivity contribution in [1.82, 2.24) is 9.97 Å². The summed E-state index contributed by atoms with van der Waals surface area (Å²) >= 11 is 1.57. The lowest BCUT2D eigenvalue weighted by molar-refractivity contribution is -0.116. The van der Waals surface area contributed by atoms with Gasteiger partial charge < -0.3 is 14.8 Å². The molecule has 0 aliphatic carbocycles. The fourth-order valence-corrected chi connectivity index (χ4v) is 3.50. The van der Waals surface area contributed by atoms with Crippen molar-refractivity contribution in [2.75, 3.05) is 18.5 Å². The van der Waals surface area contributed by atoms with Gasteiger partial charge in [-0.3, -0.25) is 9.78 Å². The molecule has 0 bridgehead atoms. The summed E-state index contributed by atoms with van der Waals surface area (Å²) in [6, 6.07) is 9.27. The summed E-state index contributed by atoms with van der Waals surface area (Å²) < 4.78 is 11.0. The van der Waals surface area contributed by atoms with E-state index in [-0.39, 0.29) is 5.91 Å². The molecule has 1 aliphatic heterocycles. The molecule has 0 saturated carbocycles. The first kappa shape index (κ1) is 16.5. The Morgan fingerprint density at radius 3 is 2.77 bits per heavy atom. The summed E-state index contributed by atoms with van der Waals surface area (Å²) in [5, 5.41) is 5.83. The van der Waals surface area contributed by atoms with Gasteiger partial charge in [-0.15, -0.1) is 11.3 Å². The molecule has 0 saturated heterocycles. The van der Waals surface area contributed by atoms with E-state index in [4.69, 9.17) is 9.47 Å². The number of aryl methyl sites for hydroxylation is 1. The van der Waals surface area contributed by atoms with Crippen LogP contribution < -0.4 is 14.8 Å². The smallest absolute Gasteiger partial charge is 0.224 e. The maximum Gasteiger partial charge on any atom is 0.224 e. The highest BCUT2D eigenvalue weighted by Crippen LogP contribution is 2.32. The van der Waals surface area contributed by atoms with Gasteiger partial charge in [-0.2, -0.15) is 0 Å². The Bertz CT molecular complexity index is 911. The Labute approximate surface area is 154 Å². The number of rotatable bonds is 5. The number of fused-ring (bicyclic) bond motifs is 1. The third-order valence-corrected chi connectivity index (χ3v) is 4.85. The molecule has 0 spiro atoms. The molecule has 4 rings (SSSR count). The van der Waals surface area contributed by atoms with Crippen LogP contribution in [0.1, 0.15) is 12.1 Å². The maximum absolute atomic E-state index is 12.2. The van der Waals surface area contributed by atoms with Gasteiger partial charge in [0.15, 0.2) is 11.5 Å². The molecule has 0 unspecified atom stereocenters. The predicted octanol–water partition coefficient (Wildman–Crippen LogP) is 3.55. The Balaban J connectivity index is 1.34. The van der Waals surface area contributed by atoms with Crippen molar-refractivity contribution < 1.29 is 14.3 Å². The minimum absolute atomic E-state index is 0.0554. The zero-order valence-corrected chi connectivity index (χ0v) is 14.8. The number of nitrogens with one attached hydrogen (secondary N) is 1. The number of amides is 1. The van der Waals surface area contributed by atoms with E-state index >= 15 is 0 Å². The molecule has 7 heteroatoms. The van der Waals surface area contributed by atoms with E-state index in [1.165, 1.54) is 0 Å². The first-order chi connectivity index (χ1) is 12.8. The summed E-state index contributed by atoms with van der Waals surface area (Å²) in [6.07, 6.45) is 4.46. The van der Waals surface area contributed by atoms with E-state index < -0.39 is 0 Å². The third-order valence-electron chi connectivity index (χ3n) is 3.91. The molecule has 1 N–H and O–H groups in total. The molecular weight excluding hydrogens is 350 g/mol. The summed E-state index contributed by atoms with van der Waals surface area (Å²) in [5.74, 6) is 1.32. The van der Waals surface area contributed by atoms with Crippen LogP contribution in [0.3, 0.4) is 0 Å². The number of benzene rings is 1. The first-order valence-electron chi connectivity index (χ1n) is 8.32. The molecule has 3 heterocycles. The Kier molecular flexibility index (Phi) is 4.79. The van der Waals surface area contributed by atoms with Crippen LogP contribution in [0.2, 0.25) is 0 Å². The van der Waals surface area contributed by atoms with Gasteiger partial charge in [0.1, 0.15) is 18.2 Å². The molecule has 1 amide bonds. The molecular formula is C19H17N3O3S. The Hall–Kier alpha value is -2.93. The molecule has 3 aromatic rings. The predicted molar refractivity (Wildman–Crippen MR) is 99.7 cm³/mol. The average Bonchev–Trinajstić information content (AvgIpc) is 3.16. The number of ether oxygens (including phenoxy) is 2. The second kappa shape index (κ2) is 7.53. The lowest BCUT2D eigenvalue weighted by Gasteiger charge is -2.19. The fraction of sp³-hybridized carbons (Fsp3) is 0.211. The topological polar surface area (TPSA) is 73.3 Å². The van der Waals surface area contributed by atoms with Crippen LogP contribution in [0.15, 0.2) is 48.1 Å². The van der Waals surface area contributed by atoms with Crippen LogP contribution in [-0.2, 0) is 11.2 Å². The van der Waals surface area contributed by atoms with E-state index in [0.717, 1.165) is 16.3 Å². The Morgan fingerprint density at radius 2 is 1.92 bits per heavy atom. The van der Waals surface area contributed by atoms with Crippen molar-refractivity contribution in [2.45, 2.75) is 12.8 Å². The minimum Gasteiger partial charge on any atom is -0.486 e. The van der Waals surface area contributed by atoms with E-state index in [0.29, 0.717) is 43.2 Å². The fourth-order valence-electron chi connectivity index (χ4n) is 2.64. The zero-order chi connectivity index (χ0) is 17.8. The largest absolute Gasteiger partial charge is 0.486 e. The minimum atomic E-state index is -0.0554. The van der Waals surface area contributed by atoms with Gasteiger partial charge in [-0.05, 0) is 30.7 Å². The van der Waals surface area contributed by atoms with Crippen LogP contribution >= 0.6 is 11.3 Å². The standard InChI is InChI=1S/C19H17N3O3S/c23-18(21-14-1-3-16-17(11-14)25-10-9-24-16)4-2-15-12-26-19(22-15)13-5-7-20-8-6-13/h1,3,5-8,11-12H,2,4,9-10H2,(H,21,23). The number of pyridine rings is 1. The molecule has 6 nitrogen and oxygen atoms in total. The number of aromatic nitrogens is 2. The van der Waals surface area contributed by atoms with Crippen molar-refractivity contribution in [3.63, 3.8) is 0 Å². The highest BCUT2D eigenvalue weighted by molar-refractivity contribution is 7.13. The summed E-state index contributed by atoms with van der Waals surface area (Å²) in [6.45, 7) is 1.07. The number of hydrogen-bond acceptors (Lipinski definition) is 6. The van der Waals surface area contributed by atoms with Crippen LogP contribution in [0, 0.1) is 0 Å². The van der Waals surface area contributed by atoms with Gasteiger partial charge >= 0.3 is 0 Å². The van der Waals surface area contributed by atoms with Crippen molar-refractivity contribution in [2.24, 2.45) is 0 Å². The second-order valence-corrected chi connectivity index (χ2v) is 6.64. The molecule has 1 aromatic carbocycles. The van der Waals surface area contributed by atoms with Crippen LogP contribution in [0.4, 0.5) is 5.69 Å². The van der Waals surface area contributed by atoms with Gasteiger partial charge in [0.05, 0.1) is 5.69 Å². The quantitative estimate of drug-likeness (QED) is 0.747. The van der Waals surface area contributed by atoms with Crippen LogP contribution in [-0.4, -0.2) is 29.1 Å². The number of thiazole rings is 1. The average molecular weight is 367 g/mol. The van der Waals surface area contributed by atoms with Gasteiger partial charge in [0, 0.05) is 41.5 Å². The highest BCUT2D eigenvalue weighted by Gasteiger charge is 2.13. The molecule has 0 radical (unpaired) electrons. The normalized spacial score (nSPS) is 12.6. The molecule has 1 aliphatic rings. The summed E-state index contributed by atoms with van der Waals surface area (Å²) in [5.41, 5.74) is 2.66. The zero-order valence-electron chi connectivity index (χ0n) is 14.0. The number of anilines is 1. The van der Waals surface area contributed by atoms with E-state index in [1.807, 2.05) is 29.6 Å². The Morgan fingerprint density at radius 1 is 1.12 bits per heavy atom. The number of hydrogen-bond donors (Lipinski definition) is 1. The van der Waals surface area contributed by atoms with E-state index in [9.17, 15) is 4.79 Å². The van der Waals surface area contributed by atoms with Gasteiger partial charge in [-0.25, -0.2) is 4.98 Å². The lowest BCUT2D eigenvalue weighted by Crippen LogP contribution is -2.16. The maximum atomic E-state index is 12.2.